The number of hydrogen-bond acceptors (Lipinski definition) is 5. The minimum atomic E-state index is -0.625. The third-order valence-corrected chi connectivity index (χ3v) is 3.20. The third-order valence-electron chi connectivity index (χ3n) is 3.20. The van der Waals surface area contributed by atoms with E-state index in [1.165, 1.54) is 13.0 Å². The lowest BCUT2D eigenvalue weighted by Crippen LogP contribution is -2.34. The number of aryl methyl sites for hydroxylation is 1. The molecule has 0 spiro atoms. The van der Waals surface area contributed by atoms with Gasteiger partial charge in [-0.15, -0.1) is 0 Å². The first-order chi connectivity index (χ1) is 10.8. The van der Waals surface area contributed by atoms with Gasteiger partial charge in [0, 0.05) is 13.0 Å². The molecule has 0 aromatic heterocycles. The molecule has 0 bridgehead atoms. The molecular weight excluding hydrogens is 305 g/mol. The van der Waals surface area contributed by atoms with Crippen molar-refractivity contribution in [3.63, 3.8) is 0 Å². The van der Waals surface area contributed by atoms with Gasteiger partial charge < -0.3 is 15.7 Å². The van der Waals surface area contributed by atoms with Gasteiger partial charge in [0.15, 0.2) is 0 Å². The van der Waals surface area contributed by atoms with Crippen LogP contribution in [0, 0.1) is 12.7 Å². The number of carbonyl (C=O) groups is 3. The van der Waals surface area contributed by atoms with Crippen LogP contribution in [-0.4, -0.2) is 40.9 Å². The number of benzene rings is 1. The molecule has 1 aromatic rings. The molecule has 0 aliphatic carbocycles. The number of rotatable bonds is 5. The van der Waals surface area contributed by atoms with E-state index in [1.807, 2.05) is 0 Å². The number of carbonyl (C=O) groups excluding carboxylic acids is 3. The maximum absolute atomic E-state index is 13.6. The molecular formula is C15H16FN3O4. The van der Waals surface area contributed by atoms with Gasteiger partial charge >= 0.3 is 0 Å². The number of imide groups is 1. The lowest BCUT2D eigenvalue weighted by Gasteiger charge is -2.17. The molecule has 8 heteroatoms. The number of β-amino-alcohol motifs (C(OH)–C–C–N with tert-alkyl or cyclic N) is 1. The Hall–Kier alpha value is -2.74. The van der Waals surface area contributed by atoms with Crippen LogP contribution < -0.4 is 10.6 Å². The van der Waals surface area contributed by atoms with Gasteiger partial charge in [-0.2, -0.15) is 0 Å². The van der Waals surface area contributed by atoms with E-state index in [9.17, 15) is 18.8 Å². The van der Waals surface area contributed by atoms with E-state index in [-0.39, 0.29) is 30.4 Å². The molecule has 0 fully saturated rings. The number of aliphatic hydroxyl groups is 1. The van der Waals surface area contributed by atoms with E-state index in [4.69, 9.17) is 5.11 Å². The molecule has 7 nitrogen and oxygen atoms in total. The normalized spacial score (nSPS) is 14.1. The van der Waals surface area contributed by atoms with E-state index in [2.05, 4.69) is 10.6 Å². The summed E-state index contributed by atoms with van der Waals surface area (Å²) in [7, 11) is 0. The largest absolute Gasteiger partial charge is 0.395 e. The summed E-state index contributed by atoms with van der Waals surface area (Å²) in [5.41, 5.74) is 0.893. The summed E-state index contributed by atoms with van der Waals surface area (Å²) in [6.45, 7) is 2.43. The maximum Gasteiger partial charge on any atom is 0.277 e. The highest BCUT2D eigenvalue weighted by Gasteiger charge is 2.31. The van der Waals surface area contributed by atoms with Gasteiger partial charge in [-0.05, 0) is 24.6 Å². The maximum atomic E-state index is 13.6. The molecule has 0 saturated heterocycles. The van der Waals surface area contributed by atoms with Crippen molar-refractivity contribution in [2.75, 3.05) is 23.8 Å². The number of amides is 3. The molecule has 3 amide bonds. The third kappa shape index (κ3) is 3.54. The fourth-order valence-electron chi connectivity index (χ4n) is 2.24. The van der Waals surface area contributed by atoms with Crippen molar-refractivity contribution in [2.45, 2.75) is 13.8 Å². The Kier molecular flexibility index (Phi) is 4.75. The van der Waals surface area contributed by atoms with Crippen molar-refractivity contribution >= 4 is 29.1 Å². The SMILES string of the molecule is CC(=O)Nc1c(C)cc(F)cc1NC1=CC(=O)N(CCO)C1=O. The predicted octanol–water partition coefficient (Wildman–Crippen LogP) is 0.749. The molecule has 2 rings (SSSR count). The Morgan fingerprint density at radius 2 is 2.04 bits per heavy atom. The van der Waals surface area contributed by atoms with Crippen LogP contribution >= 0.6 is 0 Å². The van der Waals surface area contributed by atoms with Crippen LogP contribution in [0.25, 0.3) is 0 Å². The summed E-state index contributed by atoms with van der Waals surface area (Å²) in [6.07, 6.45) is 1.07. The number of nitrogens with zero attached hydrogens (tertiary/aromatic N) is 1. The van der Waals surface area contributed by atoms with Crippen LogP contribution in [0.2, 0.25) is 0 Å². The van der Waals surface area contributed by atoms with E-state index < -0.39 is 17.6 Å². The molecule has 0 saturated carbocycles. The number of nitrogens with one attached hydrogen (secondary N) is 2. The van der Waals surface area contributed by atoms with Gasteiger partial charge in [0.1, 0.15) is 11.5 Å². The van der Waals surface area contributed by atoms with Crippen LogP contribution in [-0.2, 0) is 14.4 Å². The second-order valence-electron chi connectivity index (χ2n) is 5.03. The first-order valence-electron chi connectivity index (χ1n) is 6.86. The molecule has 1 aliphatic rings. The van der Waals surface area contributed by atoms with E-state index in [0.29, 0.717) is 11.3 Å². The molecule has 0 radical (unpaired) electrons. The molecule has 1 heterocycles. The van der Waals surface area contributed by atoms with Crippen molar-refractivity contribution < 1.29 is 23.9 Å². The Morgan fingerprint density at radius 3 is 2.65 bits per heavy atom. The van der Waals surface area contributed by atoms with Crippen LogP contribution in [0.4, 0.5) is 15.8 Å². The minimum absolute atomic E-state index is 0.0555. The van der Waals surface area contributed by atoms with Crippen LogP contribution in [0.15, 0.2) is 23.9 Å². The minimum Gasteiger partial charge on any atom is -0.395 e. The smallest absolute Gasteiger partial charge is 0.277 e. The van der Waals surface area contributed by atoms with Crippen molar-refractivity contribution in [3.8, 4) is 0 Å². The second-order valence-corrected chi connectivity index (χ2v) is 5.03. The van der Waals surface area contributed by atoms with Crippen molar-refractivity contribution in [2.24, 2.45) is 0 Å². The molecule has 3 N–H and O–H groups in total. The summed E-state index contributed by atoms with van der Waals surface area (Å²) >= 11 is 0. The number of halogens is 1. The van der Waals surface area contributed by atoms with E-state index >= 15 is 0 Å². The Bertz CT molecular complexity index is 715. The predicted molar refractivity (Wildman–Crippen MR) is 81.0 cm³/mol. The number of hydrogen-bond donors (Lipinski definition) is 3. The molecule has 1 aromatic carbocycles. The Balaban J connectivity index is 2.33. The lowest BCUT2D eigenvalue weighted by atomic mass is 10.1. The van der Waals surface area contributed by atoms with Gasteiger partial charge in [0.25, 0.3) is 11.8 Å². The summed E-state index contributed by atoms with van der Waals surface area (Å²) in [4.78, 5) is 36.0. The molecule has 0 unspecified atom stereocenters. The Morgan fingerprint density at radius 1 is 1.35 bits per heavy atom. The number of aliphatic hydroxyl groups excluding tert-OH is 1. The monoisotopic (exact) mass is 321 g/mol. The average molecular weight is 321 g/mol. The molecule has 122 valence electrons. The molecule has 23 heavy (non-hydrogen) atoms. The van der Waals surface area contributed by atoms with Gasteiger partial charge in [-0.25, -0.2) is 4.39 Å². The lowest BCUT2D eigenvalue weighted by molar-refractivity contribution is -0.137. The van der Waals surface area contributed by atoms with Crippen LogP contribution in [0.5, 0.6) is 0 Å². The van der Waals surface area contributed by atoms with Gasteiger partial charge in [0.2, 0.25) is 5.91 Å². The second kappa shape index (κ2) is 6.57. The zero-order valence-electron chi connectivity index (χ0n) is 12.6. The summed E-state index contributed by atoms with van der Waals surface area (Å²) in [6, 6.07) is 2.36. The van der Waals surface area contributed by atoms with E-state index in [0.717, 1.165) is 17.0 Å². The zero-order chi connectivity index (χ0) is 17.1. The number of anilines is 2. The van der Waals surface area contributed by atoms with Gasteiger partial charge in [-0.1, -0.05) is 0 Å². The highest BCUT2D eigenvalue weighted by Crippen LogP contribution is 2.29. The fourth-order valence-corrected chi connectivity index (χ4v) is 2.24. The Labute approximate surface area is 131 Å². The van der Waals surface area contributed by atoms with E-state index in [1.54, 1.807) is 6.92 Å². The van der Waals surface area contributed by atoms with Crippen molar-refractivity contribution in [1.82, 2.24) is 4.90 Å². The van der Waals surface area contributed by atoms with Crippen molar-refractivity contribution in [3.05, 3.63) is 35.3 Å². The van der Waals surface area contributed by atoms with Crippen LogP contribution in [0.1, 0.15) is 12.5 Å². The molecule has 1 aliphatic heterocycles. The zero-order valence-corrected chi connectivity index (χ0v) is 12.6. The first-order valence-corrected chi connectivity index (χ1v) is 6.86. The fraction of sp³-hybridized carbons (Fsp3) is 0.267. The quantitative estimate of drug-likeness (QED) is 0.695. The molecule has 0 atom stereocenters. The standard InChI is InChI=1S/C15H16FN3O4/c1-8-5-10(16)6-11(14(8)17-9(2)21)18-12-7-13(22)19(3-4-20)15(12)23/h5-7,18,20H,3-4H2,1-2H3,(H,17,21). The highest BCUT2D eigenvalue weighted by molar-refractivity contribution is 6.17. The first kappa shape index (κ1) is 16.6. The average Bonchev–Trinajstić information content (AvgIpc) is 2.70. The highest BCUT2D eigenvalue weighted by atomic mass is 19.1. The van der Waals surface area contributed by atoms with Crippen molar-refractivity contribution in [1.29, 1.82) is 0 Å². The van der Waals surface area contributed by atoms with Crippen LogP contribution in [0.3, 0.4) is 0 Å². The summed E-state index contributed by atoms with van der Waals surface area (Å²) in [5, 5.41) is 14.1. The topological polar surface area (TPSA) is 98.7 Å². The van der Waals surface area contributed by atoms with Gasteiger partial charge in [-0.3, -0.25) is 19.3 Å². The summed E-state index contributed by atoms with van der Waals surface area (Å²) < 4.78 is 13.6. The van der Waals surface area contributed by atoms with Gasteiger partial charge in [0.05, 0.1) is 24.5 Å². The summed E-state index contributed by atoms with van der Waals surface area (Å²) in [5.74, 6) is -2.10.